The molecular weight excluding hydrogens is 317 g/mol. The molecule has 0 aliphatic carbocycles. The molecule has 0 aliphatic rings. The van der Waals surface area contributed by atoms with Crippen LogP contribution in [0.25, 0.3) is 0 Å². The lowest BCUT2D eigenvalue weighted by Crippen LogP contribution is -2.17. The Morgan fingerprint density at radius 3 is 2.31 bits per heavy atom. The van der Waals surface area contributed by atoms with E-state index in [1.807, 2.05) is 0 Å². The van der Waals surface area contributed by atoms with Gasteiger partial charge in [-0.25, -0.2) is 0 Å². The number of nitrogens with one attached hydrogen (secondary N) is 1. The number of benzene rings is 1. The van der Waals surface area contributed by atoms with Crippen LogP contribution in [0, 0.1) is 0 Å². The summed E-state index contributed by atoms with van der Waals surface area (Å²) in [5.41, 5.74) is 0.332. The van der Waals surface area contributed by atoms with Gasteiger partial charge in [-0.3, -0.25) is 9.59 Å². The molecule has 0 aliphatic heterocycles. The fourth-order valence-corrected chi connectivity index (χ4v) is 1.72. The number of para-hydroxylation sites is 1. The summed E-state index contributed by atoms with van der Waals surface area (Å²) >= 11 is 14.7. The lowest BCUT2D eigenvalue weighted by atomic mass is 10.2. The van der Waals surface area contributed by atoms with Crippen LogP contribution in [-0.4, -0.2) is 17.0 Å². The second kappa shape index (κ2) is 6.23. The van der Waals surface area contributed by atoms with Crippen LogP contribution >= 0.6 is 39.1 Å². The summed E-state index contributed by atoms with van der Waals surface area (Å²) in [6.45, 7) is 0. The molecule has 0 aromatic heterocycles. The Kier molecular flexibility index (Phi) is 5.25. The minimum atomic E-state index is -0.431. The first-order chi connectivity index (χ1) is 7.54. The monoisotopic (exact) mass is 323 g/mol. The zero-order valence-corrected chi connectivity index (χ0v) is 11.2. The lowest BCUT2D eigenvalue weighted by Gasteiger charge is -2.08. The third-order valence-electron chi connectivity index (χ3n) is 1.73. The minimum Gasteiger partial charge on any atom is -0.323 e. The van der Waals surface area contributed by atoms with Gasteiger partial charge in [0.2, 0.25) is 5.91 Å². The van der Waals surface area contributed by atoms with Gasteiger partial charge in [0.15, 0.2) is 5.78 Å². The van der Waals surface area contributed by atoms with Crippen LogP contribution in [0.4, 0.5) is 5.69 Å². The van der Waals surface area contributed by atoms with E-state index in [0.29, 0.717) is 15.7 Å². The molecule has 1 aromatic carbocycles. The molecule has 16 heavy (non-hydrogen) atoms. The molecule has 1 rings (SSSR count). The molecule has 0 saturated heterocycles. The Hall–Kier alpha value is -0.580. The van der Waals surface area contributed by atoms with Crippen molar-refractivity contribution >= 4 is 56.5 Å². The van der Waals surface area contributed by atoms with Crippen LogP contribution in [0.1, 0.15) is 6.42 Å². The summed E-state index contributed by atoms with van der Waals surface area (Å²) < 4.78 is 0. The Bertz CT molecular complexity index is 403. The first-order valence-corrected chi connectivity index (χ1v) is 6.24. The third kappa shape index (κ3) is 3.77. The first kappa shape index (κ1) is 13.5. The van der Waals surface area contributed by atoms with Crippen molar-refractivity contribution in [1.29, 1.82) is 0 Å². The van der Waals surface area contributed by atoms with Crippen molar-refractivity contribution in [2.24, 2.45) is 0 Å². The Morgan fingerprint density at radius 1 is 1.25 bits per heavy atom. The van der Waals surface area contributed by atoms with Crippen molar-refractivity contribution in [1.82, 2.24) is 0 Å². The largest absolute Gasteiger partial charge is 0.323 e. The fourth-order valence-electron chi connectivity index (χ4n) is 1.03. The number of Topliss-reactive ketones (excluding diaryl/α,β-unsaturated/α-hetero) is 1. The first-order valence-electron chi connectivity index (χ1n) is 4.36. The van der Waals surface area contributed by atoms with Crippen LogP contribution < -0.4 is 5.32 Å². The maximum atomic E-state index is 11.4. The number of ketones is 1. The van der Waals surface area contributed by atoms with Gasteiger partial charge >= 0.3 is 0 Å². The molecule has 1 aromatic rings. The highest BCUT2D eigenvalue weighted by atomic mass is 79.9. The van der Waals surface area contributed by atoms with Gasteiger partial charge in [0, 0.05) is 0 Å². The predicted octanol–water partition coefficient (Wildman–Crippen LogP) is 3.29. The molecule has 0 unspecified atom stereocenters. The summed E-state index contributed by atoms with van der Waals surface area (Å²) in [6, 6.07) is 4.88. The molecule has 6 heteroatoms. The zero-order valence-electron chi connectivity index (χ0n) is 8.10. The molecule has 0 radical (unpaired) electrons. The number of anilines is 1. The lowest BCUT2D eigenvalue weighted by molar-refractivity contribution is -0.123. The number of halogens is 3. The molecule has 0 fully saturated rings. The van der Waals surface area contributed by atoms with E-state index in [1.54, 1.807) is 18.2 Å². The quantitative estimate of drug-likeness (QED) is 0.682. The molecule has 0 heterocycles. The normalized spacial score (nSPS) is 9.94. The molecule has 0 atom stereocenters. The molecule has 1 amide bonds. The SMILES string of the molecule is O=C(CBr)CC(=O)Nc1c(Cl)cccc1Cl. The smallest absolute Gasteiger partial charge is 0.231 e. The number of hydrogen-bond donors (Lipinski definition) is 1. The highest BCUT2D eigenvalue weighted by Crippen LogP contribution is 2.29. The number of alkyl halides is 1. The van der Waals surface area contributed by atoms with Crippen LogP contribution in [0.15, 0.2) is 18.2 Å². The topological polar surface area (TPSA) is 46.2 Å². The van der Waals surface area contributed by atoms with E-state index in [1.165, 1.54) is 0 Å². The van der Waals surface area contributed by atoms with Gasteiger partial charge < -0.3 is 5.32 Å². The Labute approximate surface area is 111 Å². The molecular formula is C10H8BrCl2NO2. The molecule has 0 bridgehead atoms. The maximum Gasteiger partial charge on any atom is 0.231 e. The van der Waals surface area contributed by atoms with E-state index in [9.17, 15) is 9.59 Å². The fraction of sp³-hybridized carbons (Fsp3) is 0.200. The highest BCUT2D eigenvalue weighted by molar-refractivity contribution is 9.09. The van der Waals surface area contributed by atoms with Gasteiger partial charge in [0.25, 0.3) is 0 Å². The van der Waals surface area contributed by atoms with Gasteiger partial charge in [0.1, 0.15) is 0 Å². The number of carbonyl (C=O) groups is 2. The van der Waals surface area contributed by atoms with Crippen LogP contribution in [-0.2, 0) is 9.59 Å². The Balaban J connectivity index is 2.73. The average Bonchev–Trinajstić information content (AvgIpc) is 2.23. The molecule has 3 nitrogen and oxygen atoms in total. The van der Waals surface area contributed by atoms with E-state index in [-0.39, 0.29) is 17.5 Å². The van der Waals surface area contributed by atoms with E-state index in [0.717, 1.165) is 0 Å². The van der Waals surface area contributed by atoms with Crippen molar-refractivity contribution in [3.8, 4) is 0 Å². The van der Waals surface area contributed by atoms with Gasteiger partial charge in [0.05, 0.1) is 27.5 Å². The number of hydrogen-bond acceptors (Lipinski definition) is 2. The van der Waals surface area contributed by atoms with E-state index >= 15 is 0 Å². The third-order valence-corrected chi connectivity index (χ3v) is 2.99. The predicted molar refractivity (Wildman–Crippen MR) is 68.5 cm³/mol. The van der Waals surface area contributed by atoms with E-state index in [4.69, 9.17) is 23.2 Å². The molecule has 0 spiro atoms. The van der Waals surface area contributed by atoms with Crippen LogP contribution in [0.3, 0.4) is 0 Å². The summed E-state index contributed by atoms with van der Waals surface area (Å²) in [7, 11) is 0. The average molecular weight is 325 g/mol. The Morgan fingerprint density at radius 2 is 1.81 bits per heavy atom. The number of amides is 1. The zero-order chi connectivity index (χ0) is 12.1. The molecule has 0 saturated carbocycles. The highest BCUT2D eigenvalue weighted by Gasteiger charge is 2.12. The van der Waals surface area contributed by atoms with Crippen molar-refractivity contribution in [3.05, 3.63) is 28.2 Å². The number of carbonyl (C=O) groups excluding carboxylic acids is 2. The van der Waals surface area contributed by atoms with Crippen molar-refractivity contribution in [3.63, 3.8) is 0 Å². The van der Waals surface area contributed by atoms with Gasteiger partial charge in [-0.15, -0.1) is 0 Å². The molecule has 86 valence electrons. The van der Waals surface area contributed by atoms with Crippen LogP contribution in [0.2, 0.25) is 10.0 Å². The van der Waals surface area contributed by atoms with E-state index in [2.05, 4.69) is 21.2 Å². The molecule has 1 N–H and O–H groups in total. The number of rotatable bonds is 4. The summed E-state index contributed by atoms with van der Waals surface area (Å²) in [5, 5.41) is 3.33. The maximum absolute atomic E-state index is 11.4. The summed E-state index contributed by atoms with van der Waals surface area (Å²) in [4.78, 5) is 22.4. The van der Waals surface area contributed by atoms with E-state index < -0.39 is 5.91 Å². The van der Waals surface area contributed by atoms with Crippen molar-refractivity contribution < 1.29 is 9.59 Å². The van der Waals surface area contributed by atoms with Crippen LogP contribution in [0.5, 0.6) is 0 Å². The second-order valence-corrected chi connectivity index (χ2v) is 4.37. The van der Waals surface area contributed by atoms with Crippen molar-refractivity contribution in [2.45, 2.75) is 6.42 Å². The second-order valence-electron chi connectivity index (χ2n) is 2.99. The standard InChI is InChI=1S/C10H8BrCl2NO2/c11-5-6(15)4-9(16)14-10-7(12)2-1-3-8(10)13/h1-3H,4-5H2,(H,14,16). The summed E-state index contributed by atoms with van der Waals surface area (Å²) in [6.07, 6.45) is -0.202. The minimum absolute atomic E-state index is 0.149. The van der Waals surface area contributed by atoms with Gasteiger partial charge in [-0.2, -0.15) is 0 Å². The summed E-state index contributed by atoms with van der Waals surface area (Å²) in [5.74, 6) is -0.639. The van der Waals surface area contributed by atoms with Crippen molar-refractivity contribution in [2.75, 3.05) is 10.6 Å². The van der Waals surface area contributed by atoms with Gasteiger partial charge in [-0.05, 0) is 12.1 Å². The van der Waals surface area contributed by atoms with Gasteiger partial charge in [-0.1, -0.05) is 45.2 Å².